The number of hydrogen-bond donors (Lipinski definition) is 2. The smallest absolute Gasteiger partial charge is 0.258 e. The fourth-order valence-corrected chi connectivity index (χ4v) is 1.82. The molecule has 0 bridgehead atoms. The van der Waals surface area contributed by atoms with E-state index in [1.807, 2.05) is 39.0 Å². The molecule has 0 fully saturated rings. The molecular weight excluding hydrogens is 254 g/mol. The largest absolute Gasteiger partial charge is 0.484 e. The minimum atomic E-state index is -0.156. The zero-order valence-corrected chi connectivity index (χ0v) is 11.9. The molecule has 5 nitrogen and oxygen atoms in total. The first-order valence-corrected chi connectivity index (χ1v) is 6.54. The van der Waals surface area contributed by atoms with Crippen LogP contribution in [0.25, 0.3) is 0 Å². The van der Waals surface area contributed by atoms with E-state index in [4.69, 9.17) is 4.74 Å². The van der Waals surface area contributed by atoms with Gasteiger partial charge in [0.1, 0.15) is 5.75 Å². The highest BCUT2D eigenvalue weighted by atomic mass is 16.5. The van der Waals surface area contributed by atoms with Crippen molar-refractivity contribution in [1.29, 1.82) is 0 Å². The van der Waals surface area contributed by atoms with E-state index >= 15 is 0 Å². The number of aromatic amines is 1. The van der Waals surface area contributed by atoms with E-state index in [9.17, 15) is 4.79 Å². The van der Waals surface area contributed by atoms with Gasteiger partial charge in [-0.15, -0.1) is 0 Å². The van der Waals surface area contributed by atoms with Crippen molar-refractivity contribution < 1.29 is 9.53 Å². The summed E-state index contributed by atoms with van der Waals surface area (Å²) in [7, 11) is 0. The van der Waals surface area contributed by atoms with Gasteiger partial charge in [0.2, 0.25) is 0 Å². The van der Waals surface area contributed by atoms with Crippen molar-refractivity contribution in [2.24, 2.45) is 0 Å². The van der Waals surface area contributed by atoms with Crippen LogP contribution in [0.15, 0.2) is 30.6 Å². The molecule has 2 rings (SSSR count). The molecule has 5 heteroatoms. The summed E-state index contributed by atoms with van der Waals surface area (Å²) in [6.45, 7) is 5.96. The fourth-order valence-electron chi connectivity index (χ4n) is 1.82. The Bertz CT molecular complexity index is 579. The average Bonchev–Trinajstić information content (AvgIpc) is 2.94. The van der Waals surface area contributed by atoms with Crippen molar-refractivity contribution in [2.75, 3.05) is 6.61 Å². The zero-order chi connectivity index (χ0) is 14.5. The van der Waals surface area contributed by atoms with Gasteiger partial charge in [0, 0.05) is 11.8 Å². The van der Waals surface area contributed by atoms with Crippen LogP contribution < -0.4 is 10.1 Å². The van der Waals surface area contributed by atoms with Crippen LogP contribution in [0, 0.1) is 13.8 Å². The third kappa shape index (κ3) is 3.60. The molecular formula is C15H19N3O2. The van der Waals surface area contributed by atoms with Gasteiger partial charge in [-0.25, -0.2) is 0 Å². The van der Waals surface area contributed by atoms with Gasteiger partial charge in [0.05, 0.1) is 12.2 Å². The second-order valence-corrected chi connectivity index (χ2v) is 4.86. The number of H-pyrrole nitrogens is 1. The quantitative estimate of drug-likeness (QED) is 0.878. The van der Waals surface area contributed by atoms with Crippen LogP contribution in [0.5, 0.6) is 5.75 Å². The number of aryl methyl sites for hydroxylation is 2. The third-order valence-corrected chi connectivity index (χ3v) is 3.25. The van der Waals surface area contributed by atoms with Crippen molar-refractivity contribution >= 4 is 5.91 Å². The Morgan fingerprint density at radius 2 is 2.20 bits per heavy atom. The molecule has 1 atom stereocenters. The minimum absolute atomic E-state index is 0.00466. The molecule has 106 valence electrons. The highest BCUT2D eigenvalue weighted by molar-refractivity contribution is 5.78. The first-order chi connectivity index (χ1) is 9.56. The van der Waals surface area contributed by atoms with Gasteiger partial charge in [-0.3, -0.25) is 9.89 Å². The summed E-state index contributed by atoms with van der Waals surface area (Å²) in [6.07, 6.45) is 3.45. The maximum Gasteiger partial charge on any atom is 0.258 e. The average molecular weight is 273 g/mol. The van der Waals surface area contributed by atoms with Crippen LogP contribution in [0.3, 0.4) is 0 Å². The van der Waals surface area contributed by atoms with E-state index in [1.165, 1.54) is 5.56 Å². The predicted octanol–water partition coefficient (Wildman–Crippen LogP) is 2.28. The topological polar surface area (TPSA) is 67.0 Å². The van der Waals surface area contributed by atoms with Gasteiger partial charge < -0.3 is 10.1 Å². The predicted molar refractivity (Wildman–Crippen MR) is 76.6 cm³/mol. The fraction of sp³-hybridized carbons (Fsp3) is 0.333. The van der Waals surface area contributed by atoms with E-state index < -0.39 is 0 Å². The van der Waals surface area contributed by atoms with Crippen LogP contribution in [0.2, 0.25) is 0 Å². The normalized spacial score (nSPS) is 11.9. The van der Waals surface area contributed by atoms with Crippen LogP contribution >= 0.6 is 0 Å². The maximum atomic E-state index is 11.8. The lowest BCUT2D eigenvalue weighted by molar-refractivity contribution is -0.123. The highest BCUT2D eigenvalue weighted by Crippen LogP contribution is 2.16. The molecule has 2 N–H and O–H groups in total. The zero-order valence-electron chi connectivity index (χ0n) is 11.9. The Morgan fingerprint density at radius 1 is 1.40 bits per heavy atom. The number of nitrogens with zero attached hydrogens (tertiary/aromatic N) is 1. The molecule has 1 aromatic heterocycles. The van der Waals surface area contributed by atoms with Crippen LogP contribution in [0.1, 0.15) is 29.7 Å². The lowest BCUT2D eigenvalue weighted by Crippen LogP contribution is -2.31. The Morgan fingerprint density at radius 3 is 2.85 bits per heavy atom. The summed E-state index contributed by atoms with van der Waals surface area (Å²) in [5.74, 6) is 0.552. The van der Waals surface area contributed by atoms with Crippen molar-refractivity contribution in [3.63, 3.8) is 0 Å². The molecule has 0 aliphatic carbocycles. The van der Waals surface area contributed by atoms with Gasteiger partial charge in [-0.2, -0.15) is 5.10 Å². The molecule has 1 amide bonds. The molecule has 0 aliphatic rings. The first-order valence-electron chi connectivity index (χ1n) is 6.54. The molecule has 1 heterocycles. The number of rotatable bonds is 5. The number of aromatic nitrogens is 2. The Hall–Kier alpha value is -2.30. The lowest BCUT2D eigenvalue weighted by atomic mass is 10.1. The number of carbonyl (C=O) groups excluding carboxylic acids is 1. The standard InChI is InChI=1S/C15H19N3O2/c1-10-4-5-14(6-11(10)2)20-9-15(19)18-12(3)13-7-16-17-8-13/h4-8,12H,9H2,1-3H3,(H,16,17)(H,18,19). The van der Waals surface area contributed by atoms with Gasteiger partial charge in [0.25, 0.3) is 5.91 Å². The SMILES string of the molecule is Cc1ccc(OCC(=O)NC(C)c2cn[nH]c2)cc1C. The molecule has 0 radical (unpaired) electrons. The van der Waals surface area contributed by atoms with E-state index in [2.05, 4.69) is 15.5 Å². The molecule has 0 spiro atoms. The summed E-state index contributed by atoms with van der Waals surface area (Å²) in [5, 5.41) is 9.43. The van der Waals surface area contributed by atoms with E-state index in [0.29, 0.717) is 5.75 Å². The second-order valence-electron chi connectivity index (χ2n) is 4.86. The second kappa shape index (κ2) is 6.23. The Balaban J connectivity index is 1.84. The number of nitrogens with one attached hydrogen (secondary N) is 2. The summed E-state index contributed by atoms with van der Waals surface area (Å²) in [6, 6.07) is 5.69. The molecule has 20 heavy (non-hydrogen) atoms. The van der Waals surface area contributed by atoms with Crippen molar-refractivity contribution in [2.45, 2.75) is 26.8 Å². The third-order valence-electron chi connectivity index (χ3n) is 3.25. The number of ether oxygens (including phenoxy) is 1. The van der Waals surface area contributed by atoms with Gasteiger partial charge >= 0.3 is 0 Å². The van der Waals surface area contributed by atoms with Crippen LogP contribution in [0.4, 0.5) is 0 Å². The molecule has 0 aliphatic heterocycles. The lowest BCUT2D eigenvalue weighted by Gasteiger charge is -2.13. The number of hydrogen-bond acceptors (Lipinski definition) is 3. The van der Waals surface area contributed by atoms with E-state index in [0.717, 1.165) is 11.1 Å². The van der Waals surface area contributed by atoms with Crippen LogP contribution in [-0.2, 0) is 4.79 Å². The molecule has 0 saturated heterocycles. The van der Waals surface area contributed by atoms with E-state index in [-0.39, 0.29) is 18.6 Å². The summed E-state index contributed by atoms with van der Waals surface area (Å²) < 4.78 is 5.49. The van der Waals surface area contributed by atoms with Gasteiger partial charge in [-0.1, -0.05) is 6.07 Å². The molecule has 0 saturated carbocycles. The van der Waals surface area contributed by atoms with Crippen molar-refractivity contribution in [3.8, 4) is 5.75 Å². The van der Waals surface area contributed by atoms with Crippen LogP contribution in [-0.4, -0.2) is 22.7 Å². The monoisotopic (exact) mass is 273 g/mol. The maximum absolute atomic E-state index is 11.8. The summed E-state index contributed by atoms with van der Waals surface area (Å²) in [4.78, 5) is 11.8. The number of amides is 1. The molecule has 1 unspecified atom stereocenters. The molecule has 1 aromatic carbocycles. The number of benzene rings is 1. The van der Waals surface area contributed by atoms with Crippen molar-refractivity contribution in [1.82, 2.24) is 15.5 Å². The van der Waals surface area contributed by atoms with Gasteiger partial charge in [-0.05, 0) is 44.0 Å². The Kier molecular flexibility index (Phi) is 4.40. The number of carbonyl (C=O) groups is 1. The molecule has 2 aromatic rings. The summed E-state index contributed by atoms with van der Waals surface area (Å²) in [5.41, 5.74) is 3.29. The van der Waals surface area contributed by atoms with Gasteiger partial charge in [0.15, 0.2) is 6.61 Å². The van der Waals surface area contributed by atoms with E-state index in [1.54, 1.807) is 12.4 Å². The van der Waals surface area contributed by atoms with Crippen molar-refractivity contribution in [3.05, 3.63) is 47.3 Å². The first kappa shape index (κ1) is 14.1. The minimum Gasteiger partial charge on any atom is -0.484 e. The highest BCUT2D eigenvalue weighted by Gasteiger charge is 2.10. The Labute approximate surface area is 118 Å². The summed E-state index contributed by atoms with van der Waals surface area (Å²) >= 11 is 0.